The van der Waals surface area contributed by atoms with Gasteiger partial charge in [0.1, 0.15) is 6.29 Å². The largest absolute Gasteiger partial charge is 0.352 e. The third kappa shape index (κ3) is 1.21. The van der Waals surface area contributed by atoms with E-state index in [0.29, 0.717) is 5.56 Å². The molecular formula is C12H8N2O. The Labute approximate surface area is 86.1 Å². The van der Waals surface area contributed by atoms with Crippen molar-refractivity contribution in [2.45, 2.75) is 0 Å². The summed E-state index contributed by atoms with van der Waals surface area (Å²) in [5, 5.41) is 0. The maximum absolute atomic E-state index is 10.6. The zero-order valence-electron chi connectivity index (χ0n) is 7.90. The van der Waals surface area contributed by atoms with Crippen LogP contribution in [0.2, 0.25) is 0 Å². The summed E-state index contributed by atoms with van der Waals surface area (Å²) in [7, 11) is 0. The summed E-state index contributed by atoms with van der Waals surface area (Å²) >= 11 is 0. The lowest BCUT2D eigenvalue weighted by molar-refractivity contribution is 0.112. The van der Waals surface area contributed by atoms with Crippen LogP contribution in [0, 0.1) is 0 Å². The number of hydrogen-bond donors (Lipinski definition) is 1. The molecule has 1 heterocycles. The van der Waals surface area contributed by atoms with E-state index in [9.17, 15) is 4.79 Å². The van der Waals surface area contributed by atoms with Crippen molar-refractivity contribution in [3.8, 4) is 11.4 Å². The summed E-state index contributed by atoms with van der Waals surface area (Å²) in [5.41, 5.74) is 4.27. The lowest BCUT2D eigenvalue weighted by atomic mass is 10.2. The molecule has 1 aromatic carbocycles. The van der Waals surface area contributed by atoms with E-state index in [4.69, 9.17) is 0 Å². The predicted octanol–water partition coefficient (Wildman–Crippen LogP) is 2.48. The molecule has 3 heteroatoms. The first-order chi connectivity index (χ1) is 7.36. The number of benzene rings is 1. The van der Waals surface area contributed by atoms with Crippen LogP contribution in [0.5, 0.6) is 0 Å². The summed E-state index contributed by atoms with van der Waals surface area (Å²) in [4.78, 5) is 18.3. The van der Waals surface area contributed by atoms with Gasteiger partial charge in [-0.1, -0.05) is 12.1 Å². The maximum atomic E-state index is 10.6. The summed E-state index contributed by atoms with van der Waals surface area (Å²) in [6.07, 6.45) is 0.834. The molecule has 0 radical (unpaired) electrons. The molecule has 1 aliphatic carbocycles. The smallest absolute Gasteiger partial charge is 0.150 e. The number of fused-ring (bicyclic) bond motifs is 2. The van der Waals surface area contributed by atoms with E-state index in [2.05, 4.69) is 9.97 Å². The van der Waals surface area contributed by atoms with Crippen LogP contribution in [0.3, 0.4) is 0 Å². The Morgan fingerprint density at radius 3 is 2.93 bits per heavy atom. The van der Waals surface area contributed by atoms with Crippen molar-refractivity contribution in [1.82, 2.24) is 9.97 Å². The Morgan fingerprint density at radius 2 is 2.07 bits per heavy atom. The number of carbonyl (C=O) groups excluding carboxylic acids is 1. The topological polar surface area (TPSA) is 45.8 Å². The molecule has 0 spiro atoms. The Kier molecular flexibility index (Phi) is 1.59. The van der Waals surface area contributed by atoms with Crippen molar-refractivity contribution in [3.63, 3.8) is 0 Å². The first-order valence-corrected chi connectivity index (χ1v) is 4.70. The van der Waals surface area contributed by atoms with Crippen LogP contribution in [0.15, 0.2) is 36.4 Å². The quantitative estimate of drug-likeness (QED) is 0.608. The van der Waals surface area contributed by atoms with Gasteiger partial charge < -0.3 is 4.98 Å². The number of carbonyl (C=O) groups is 1. The molecule has 72 valence electrons. The lowest BCUT2D eigenvalue weighted by Gasteiger charge is -2.01. The molecule has 0 amide bonds. The molecule has 0 saturated carbocycles. The van der Waals surface area contributed by atoms with Crippen LogP contribution in [-0.4, -0.2) is 16.3 Å². The Bertz CT molecular complexity index is 563. The second-order valence-electron chi connectivity index (χ2n) is 3.46. The Hall–Kier alpha value is -2.16. The molecule has 0 fully saturated rings. The maximum Gasteiger partial charge on any atom is 0.150 e. The fourth-order valence-electron chi connectivity index (χ4n) is 1.73. The number of aromatic nitrogens is 2. The SMILES string of the molecule is O=Cc1cc2nc3ccccc3[nH]c-2c1. The van der Waals surface area contributed by atoms with E-state index in [-0.39, 0.29) is 0 Å². The standard InChI is InChI=1S/C12H8N2O/c15-7-8-5-11-12(6-8)14-10-4-2-1-3-9(10)13-11/h1-7,13H. The monoisotopic (exact) mass is 196 g/mol. The van der Waals surface area contributed by atoms with E-state index >= 15 is 0 Å². The predicted molar refractivity (Wildman–Crippen MR) is 58.1 cm³/mol. The van der Waals surface area contributed by atoms with Crippen molar-refractivity contribution in [1.29, 1.82) is 0 Å². The molecule has 15 heavy (non-hydrogen) atoms. The van der Waals surface area contributed by atoms with E-state index < -0.39 is 0 Å². The highest BCUT2D eigenvalue weighted by molar-refractivity contribution is 5.85. The molecule has 0 unspecified atom stereocenters. The molecule has 3 rings (SSSR count). The van der Waals surface area contributed by atoms with Gasteiger partial charge in [0, 0.05) is 5.56 Å². The average Bonchev–Trinajstić information content (AvgIpc) is 2.67. The third-order valence-corrected chi connectivity index (χ3v) is 2.44. The fraction of sp³-hybridized carbons (Fsp3) is 0. The van der Waals surface area contributed by atoms with Crippen LogP contribution in [0.25, 0.3) is 22.4 Å². The zero-order chi connectivity index (χ0) is 10.3. The van der Waals surface area contributed by atoms with Gasteiger partial charge in [0.25, 0.3) is 0 Å². The molecule has 2 aliphatic rings. The minimum absolute atomic E-state index is 0.657. The van der Waals surface area contributed by atoms with Crippen LogP contribution < -0.4 is 0 Å². The van der Waals surface area contributed by atoms with Crippen molar-refractivity contribution < 1.29 is 4.79 Å². The van der Waals surface area contributed by atoms with Crippen molar-refractivity contribution in [3.05, 3.63) is 42.0 Å². The number of aldehydes is 1. The molecule has 3 nitrogen and oxygen atoms in total. The number of aromatic amines is 1. The van der Waals surface area contributed by atoms with Crippen LogP contribution in [0.4, 0.5) is 0 Å². The first kappa shape index (κ1) is 8.17. The second kappa shape index (κ2) is 2.92. The van der Waals surface area contributed by atoms with E-state index in [1.54, 1.807) is 6.07 Å². The average molecular weight is 196 g/mol. The van der Waals surface area contributed by atoms with Gasteiger partial charge >= 0.3 is 0 Å². The van der Waals surface area contributed by atoms with Crippen LogP contribution in [-0.2, 0) is 0 Å². The van der Waals surface area contributed by atoms with Gasteiger partial charge in [-0.2, -0.15) is 0 Å². The van der Waals surface area contributed by atoms with Gasteiger partial charge in [-0.3, -0.25) is 4.79 Å². The number of nitrogens with zero attached hydrogens (tertiary/aromatic N) is 1. The number of rotatable bonds is 1. The number of H-pyrrole nitrogens is 1. The van der Waals surface area contributed by atoms with E-state index in [1.807, 2.05) is 30.3 Å². The minimum Gasteiger partial charge on any atom is -0.352 e. The van der Waals surface area contributed by atoms with Gasteiger partial charge in [-0.25, -0.2) is 4.98 Å². The van der Waals surface area contributed by atoms with Crippen molar-refractivity contribution in [2.24, 2.45) is 0 Å². The molecule has 0 saturated heterocycles. The molecule has 0 aromatic heterocycles. The summed E-state index contributed by atoms with van der Waals surface area (Å²) in [5.74, 6) is 0. The van der Waals surface area contributed by atoms with Crippen LogP contribution in [0.1, 0.15) is 10.4 Å². The van der Waals surface area contributed by atoms with Crippen molar-refractivity contribution in [2.75, 3.05) is 0 Å². The zero-order valence-corrected chi connectivity index (χ0v) is 7.90. The van der Waals surface area contributed by atoms with Gasteiger partial charge in [-0.15, -0.1) is 0 Å². The Morgan fingerprint density at radius 1 is 1.20 bits per heavy atom. The fourth-order valence-corrected chi connectivity index (χ4v) is 1.73. The van der Waals surface area contributed by atoms with Gasteiger partial charge in [0.05, 0.1) is 22.4 Å². The summed E-state index contributed by atoms with van der Waals surface area (Å²) < 4.78 is 0. The molecule has 1 aliphatic heterocycles. The Balaban J connectivity index is 2.41. The highest BCUT2D eigenvalue weighted by atomic mass is 16.1. The number of nitrogens with one attached hydrogen (secondary N) is 1. The molecule has 1 N–H and O–H groups in total. The van der Waals surface area contributed by atoms with E-state index in [1.165, 1.54) is 0 Å². The normalized spacial score (nSPS) is 10.9. The lowest BCUT2D eigenvalue weighted by Crippen LogP contribution is -1.87. The van der Waals surface area contributed by atoms with Crippen molar-refractivity contribution >= 4 is 17.3 Å². The van der Waals surface area contributed by atoms with Gasteiger partial charge in [0.2, 0.25) is 0 Å². The highest BCUT2D eigenvalue weighted by Crippen LogP contribution is 2.23. The molecule has 0 bridgehead atoms. The first-order valence-electron chi connectivity index (χ1n) is 4.70. The summed E-state index contributed by atoms with van der Waals surface area (Å²) in [6, 6.07) is 11.4. The van der Waals surface area contributed by atoms with Gasteiger partial charge in [-0.05, 0) is 24.3 Å². The molecule has 1 aromatic rings. The highest BCUT2D eigenvalue weighted by Gasteiger charge is 2.08. The van der Waals surface area contributed by atoms with Gasteiger partial charge in [0.15, 0.2) is 0 Å². The number of para-hydroxylation sites is 2. The number of hydrogen-bond acceptors (Lipinski definition) is 2. The summed E-state index contributed by atoms with van der Waals surface area (Å²) in [6.45, 7) is 0. The second-order valence-corrected chi connectivity index (χ2v) is 3.46. The minimum atomic E-state index is 0.657. The van der Waals surface area contributed by atoms with Crippen LogP contribution >= 0.6 is 0 Å². The molecular weight excluding hydrogens is 188 g/mol. The van der Waals surface area contributed by atoms with E-state index in [0.717, 1.165) is 28.7 Å². The molecule has 0 atom stereocenters. The third-order valence-electron chi connectivity index (χ3n) is 2.44.